The SMILES string of the molecule is C(=C\c1c2ccccc2c(-c2ccccc2)c2c1ccc1ccccc12)/Cc1cccc(-c2cccc3c2oc2ccccc23)c1. The van der Waals surface area contributed by atoms with Gasteiger partial charge < -0.3 is 4.42 Å². The van der Waals surface area contributed by atoms with Crippen LogP contribution in [-0.2, 0) is 6.42 Å². The Hall–Kier alpha value is -5.92. The van der Waals surface area contributed by atoms with Crippen LogP contribution in [0.25, 0.3) is 82.6 Å². The van der Waals surface area contributed by atoms with Crippen LogP contribution in [0.2, 0.25) is 0 Å². The number of rotatable bonds is 5. The molecule has 0 N–H and O–H groups in total. The summed E-state index contributed by atoms with van der Waals surface area (Å²) >= 11 is 0. The van der Waals surface area contributed by atoms with E-state index in [1.165, 1.54) is 60.1 Å². The van der Waals surface area contributed by atoms with Gasteiger partial charge in [0.15, 0.2) is 0 Å². The maximum Gasteiger partial charge on any atom is 0.143 e. The highest BCUT2D eigenvalue weighted by atomic mass is 16.3. The van der Waals surface area contributed by atoms with Gasteiger partial charge in [-0.15, -0.1) is 0 Å². The zero-order chi connectivity index (χ0) is 30.5. The Bertz CT molecular complexity index is 2600. The monoisotopic (exact) mass is 586 g/mol. The number of fused-ring (bicyclic) bond motifs is 7. The minimum atomic E-state index is 0.827. The molecule has 1 heterocycles. The average molecular weight is 587 g/mol. The van der Waals surface area contributed by atoms with Crippen LogP contribution >= 0.6 is 0 Å². The molecule has 1 heteroatoms. The first-order chi connectivity index (χ1) is 22.8. The second-order valence-corrected chi connectivity index (χ2v) is 12.0. The molecule has 216 valence electrons. The number of hydrogen-bond donors (Lipinski definition) is 0. The lowest BCUT2D eigenvalue weighted by atomic mass is 9.86. The molecule has 0 saturated heterocycles. The van der Waals surface area contributed by atoms with Crippen LogP contribution in [0.1, 0.15) is 11.1 Å². The fourth-order valence-electron chi connectivity index (χ4n) is 7.22. The summed E-state index contributed by atoms with van der Waals surface area (Å²) in [7, 11) is 0. The standard InChI is InChI=1S/C45H30O/c1-2-16-32(17-3-1)43-39-22-7-6-20-36(39)37(40-28-27-31-15-4-5-19-34(31)44(40)43)24-11-14-30-13-10-18-33(29-30)35-23-12-25-41-38-21-8-9-26-42(38)46-45(35)41/h1-13,15-29H,14H2/b24-11+. The summed E-state index contributed by atoms with van der Waals surface area (Å²) in [6.45, 7) is 0. The third-order valence-corrected chi connectivity index (χ3v) is 9.30. The van der Waals surface area contributed by atoms with Crippen molar-refractivity contribution in [3.8, 4) is 22.3 Å². The zero-order valence-electron chi connectivity index (χ0n) is 25.3. The first-order valence-electron chi connectivity index (χ1n) is 15.9. The third kappa shape index (κ3) is 4.32. The molecule has 0 bridgehead atoms. The van der Waals surface area contributed by atoms with Gasteiger partial charge in [-0.1, -0.05) is 164 Å². The molecule has 0 aliphatic carbocycles. The first kappa shape index (κ1) is 26.5. The minimum Gasteiger partial charge on any atom is -0.455 e. The molecule has 1 aromatic heterocycles. The van der Waals surface area contributed by atoms with Crippen LogP contribution in [-0.4, -0.2) is 0 Å². The van der Waals surface area contributed by atoms with Gasteiger partial charge in [0.1, 0.15) is 11.2 Å². The quantitative estimate of drug-likeness (QED) is 0.144. The van der Waals surface area contributed by atoms with Gasteiger partial charge in [0.25, 0.3) is 0 Å². The lowest BCUT2D eigenvalue weighted by molar-refractivity contribution is 0.670. The predicted molar refractivity (Wildman–Crippen MR) is 196 cm³/mol. The molecular formula is C45H30O. The largest absolute Gasteiger partial charge is 0.455 e. The van der Waals surface area contributed by atoms with E-state index in [1.807, 2.05) is 12.1 Å². The van der Waals surface area contributed by atoms with Gasteiger partial charge >= 0.3 is 0 Å². The van der Waals surface area contributed by atoms with Crippen molar-refractivity contribution >= 4 is 60.3 Å². The molecule has 8 aromatic carbocycles. The summed E-state index contributed by atoms with van der Waals surface area (Å²) in [5.74, 6) is 0. The third-order valence-electron chi connectivity index (χ3n) is 9.30. The maximum atomic E-state index is 6.36. The van der Waals surface area contributed by atoms with E-state index in [-0.39, 0.29) is 0 Å². The molecule has 0 spiro atoms. The predicted octanol–water partition coefficient (Wildman–Crippen LogP) is 12.6. The van der Waals surface area contributed by atoms with E-state index in [2.05, 4.69) is 158 Å². The summed E-state index contributed by atoms with van der Waals surface area (Å²) in [6.07, 6.45) is 5.48. The number of para-hydroxylation sites is 2. The van der Waals surface area contributed by atoms with Gasteiger partial charge in [0.2, 0.25) is 0 Å². The van der Waals surface area contributed by atoms with Gasteiger partial charge in [0, 0.05) is 16.3 Å². The summed E-state index contributed by atoms with van der Waals surface area (Å²) in [5, 5.41) is 9.98. The molecule has 46 heavy (non-hydrogen) atoms. The van der Waals surface area contributed by atoms with Crippen LogP contribution in [0, 0.1) is 0 Å². The molecule has 0 unspecified atom stereocenters. The highest BCUT2D eigenvalue weighted by Gasteiger charge is 2.16. The van der Waals surface area contributed by atoms with E-state index in [1.54, 1.807) is 0 Å². The van der Waals surface area contributed by atoms with Crippen LogP contribution in [0.3, 0.4) is 0 Å². The van der Waals surface area contributed by atoms with Gasteiger partial charge in [-0.3, -0.25) is 0 Å². The normalized spacial score (nSPS) is 11.9. The summed E-state index contributed by atoms with van der Waals surface area (Å²) < 4.78 is 6.36. The highest BCUT2D eigenvalue weighted by molar-refractivity contribution is 6.25. The Kier molecular flexibility index (Phi) is 6.28. The van der Waals surface area contributed by atoms with Crippen LogP contribution < -0.4 is 0 Å². The van der Waals surface area contributed by atoms with E-state index in [0.717, 1.165) is 33.9 Å². The fraction of sp³-hybridized carbons (Fsp3) is 0.0222. The van der Waals surface area contributed by atoms with Crippen molar-refractivity contribution in [2.24, 2.45) is 0 Å². The van der Waals surface area contributed by atoms with Crippen molar-refractivity contribution < 1.29 is 4.42 Å². The van der Waals surface area contributed by atoms with Gasteiger partial charge in [-0.25, -0.2) is 0 Å². The van der Waals surface area contributed by atoms with Crippen LogP contribution in [0.4, 0.5) is 0 Å². The van der Waals surface area contributed by atoms with E-state index >= 15 is 0 Å². The number of hydrogen-bond acceptors (Lipinski definition) is 1. The van der Waals surface area contributed by atoms with Crippen LogP contribution in [0.5, 0.6) is 0 Å². The topological polar surface area (TPSA) is 13.1 Å². The molecule has 0 radical (unpaired) electrons. The molecule has 0 amide bonds. The molecular weight excluding hydrogens is 556 g/mol. The maximum absolute atomic E-state index is 6.36. The Balaban J connectivity index is 1.17. The minimum absolute atomic E-state index is 0.827. The van der Waals surface area contributed by atoms with Crippen LogP contribution in [0.15, 0.2) is 168 Å². The van der Waals surface area contributed by atoms with E-state index in [9.17, 15) is 0 Å². The van der Waals surface area contributed by atoms with Crippen molar-refractivity contribution in [2.45, 2.75) is 6.42 Å². The smallest absolute Gasteiger partial charge is 0.143 e. The van der Waals surface area contributed by atoms with Crippen molar-refractivity contribution in [1.29, 1.82) is 0 Å². The fourth-order valence-corrected chi connectivity index (χ4v) is 7.22. The molecule has 0 fully saturated rings. The van der Waals surface area contributed by atoms with Crippen molar-refractivity contribution in [2.75, 3.05) is 0 Å². The van der Waals surface area contributed by atoms with Crippen molar-refractivity contribution in [3.63, 3.8) is 0 Å². The Morgan fingerprint density at radius 1 is 0.478 bits per heavy atom. The second-order valence-electron chi connectivity index (χ2n) is 12.0. The summed E-state index contributed by atoms with van der Waals surface area (Å²) in [4.78, 5) is 0. The molecule has 0 aliphatic rings. The van der Waals surface area contributed by atoms with Crippen molar-refractivity contribution in [1.82, 2.24) is 0 Å². The molecule has 1 nitrogen and oxygen atoms in total. The average Bonchev–Trinajstić information content (AvgIpc) is 3.51. The van der Waals surface area contributed by atoms with Gasteiger partial charge in [-0.2, -0.15) is 0 Å². The molecule has 0 atom stereocenters. The number of allylic oxidation sites excluding steroid dienone is 1. The molecule has 0 saturated carbocycles. The Morgan fingerprint density at radius 2 is 1.17 bits per heavy atom. The highest BCUT2D eigenvalue weighted by Crippen LogP contribution is 2.43. The number of furan rings is 1. The Labute approximate surface area is 267 Å². The Morgan fingerprint density at radius 3 is 2.07 bits per heavy atom. The molecule has 0 aliphatic heterocycles. The second kappa shape index (κ2) is 10.9. The lowest BCUT2D eigenvalue weighted by Gasteiger charge is -2.17. The van der Waals surface area contributed by atoms with E-state index in [0.29, 0.717) is 0 Å². The number of benzene rings is 8. The molecule has 9 aromatic rings. The first-order valence-corrected chi connectivity index (χ1v) is 15.9. The van der Waals surface area contributed by atoms with E-state index < -0.39 is 0 Å². The molecule has 9 rings (SSSR count). The summed E-state index contributed by atoms with van der Waals surface area (Å²) in [6, 6.07) is 56.6. The van der Waals surface area contributed by atoms with Crippen molar-refractivity contribution in [3.05, 3.63) is 175 Å². The van der Waals surface area contributed by atoms with Gasteiger partial charge in [0.05, 0.1) is 0 Å². The lowest BCUT2D eigenvalue weighted by Crippen LogP contribution is -1.91. The summed E-state index contributed by atoms with van der Waals surface area (Å²) in [5.41, 5.74) is 9.24. The van der Waals surface area contributed by atoms with E-state index in [4.69, 9.17) is 4.42 Å². The van der Waals surface area contributed by atoms with Gasteiger partial charge in [-0.05, 0) is 72.6 Å². The zero-order valence-corrected chi connectivity index (χ0v) is 25.3.